The minimum atomic E-state index is 0.316. The maximum atomic E-state index is 5.85. The third-order valence-corrected chi connectivity index (χ3v) is 6.49. The monoisotopic (exact) mass is 516 g/mol. The van der Waals surface area contributed by atoms with E-state index in [9.17, 15) is 0 Å². The van der Waals surface area contributed by atoms with Gasteiger partial charge in [0.25, 0.3) is 0 Å². The normalized spacial score (nSPS) is 14.3. The molecule has 1 aliphatic rings. The van der Waals surface area contributed by atoms with Gasteiger partial charge in [-0.1, -0.05) is 9.64 Å². The van der Waals surface area contributed by atoms with Crippen LogP contribution >= 0.6 is 22.9 Å². The number of hydrazine groups is 1. The van der Waals surface area contributed by atoms with Crippen LogP contribution in [0.25, 0.3) is 22.5 Å². The molecule has 0 aliphatic carbocycles. The van der Waals surface area contributed by atoms with Crippen LogP contribution in [0, 0.1) is 0 Å². The van der Waals surface area contributed by atoms with E-state index in [1.807, 2.05) is 20.8 Å². The van der Waals surface area contributed by atoms with E-state index in [0.717, 1.165) is 0 Å². The third-order valence-electron chi connectivity index (χ3n) is 5.23. The highest BCUT2D eigenvalue weighted by molar-refractivity contribution is 7.13. The molecular weight excluding hydrogens is 504 g/mol. The summed E-state index contributed by atoms with van der Waals surface area (Å²) in [6.45, 7) is 0. The summed E-state index contributed by atoms with van der Waals surface area (Å²) in [7, 11) is 0. The smallest absolute Gasteiger partial charge is 0.245 e. The lowest BCUT2D eigenvalue weighted by Gasteiger charge is -2.40. The second-order valence-corrected chi connectivity index (χ2v) is 8.65. The van der Waals surface area contributed by atoms with Gasteiger partial charge in [-0.3, -0.25) is 0 Å². The molecule has 0 amide bonds. The molecule has 0 bridgehead atoms. The molecule has 0 aromatic carbocycles. The van der Waals surface area contributed by atoms with Crippen LogP contribution in [0.15, 0.2) is 69.3 Å². The molecule has 0 atom stereocenters. The van der Waals surface area contributed by atoms with Crippen molar-refractivity contribution < 1.29 is 8.94 Å². The van der Waals surface area contributed by atoms with Gasteiger partial charge >= 0.3 is 0 Å². The van der Waals surface area contributed by atoms with Crippen LogP contribution in [0.3, 0.4) is 0 Å². The van der Waals surface area contributed by atoms with E-state index < -0.39 is 0 Å². The number of imidazole rings is 1. The van der Waals surface area contributed by atoms with E-state index in [0.29, 0.717) is 56.6 Å². The van der Waals surface area contributed by atoms with Crippen LogP contribution in [-0.2, 0) is 0 Å². The molecule has 0 fully saturated rings. The van der Waals surface area contributed by atoms with E-state index in [4.69, 9.17) is 8.94 Å². The summed E-state index contributed by atoms with van der Waals surface area (Å²) in [5, 5.41) is 27.8. The summed E-state index contributed by atoms with van der Waals surface area (Å²) >= 11 is 2.64. The Morgan fingerprint density at radius 1 is 0.917 bits per heavy atom. The number of hydrogen-bond acceptors (Lipinski definition) is 14. The molecule has 176 valence electrons. The summed E-state index contributed by atoms with van der Waals surface area (Å²) in [6, 6.07) is 1.75. The minimum Gasteiger partial charge on any atom is -0.443 e. The number of oxazole rings is 1. The van der Waals surface area contributed by atoms with E-state index in [1.54, 1.807) is 37.1 Å². The number of aromatic amines is 2. The molecule has 0 spiro atoms. The number of hydrogen-bond donors (Lipinski definition) is 2. The summed E-state index contributed by atoms with van der Waals surface area (Å²) < 4.78 is 15.2. The summed E-state index contributed by atoms with van der Waals surface area (Å²) in [5.74, 6) is 0.800. The van der Waals surface area contributed by atoms with Crippen molar-refractivity contribution in [1.82, 2.24) is 50.1 Å². The number of aromatic nitrogens is 10. The topological polar surface area (TPSA) is 167 Å². The molecule has 36 heavy (non-hydrogen) atoms. The number of nitrogens with zero attached hydrogens (tertiary/aromatic N) is 10. The van der Waals surface area contributed by atoms with Gasteiger partial charge < -0.3 is 13.9 Å². The highest BCUT2D eigenvalue weighted by Crippen LogP contribution is 2.50. The molecule has 0 saturated heterocycles. The van der Waals surface area contributed by atoms with E-state index in [-0.39, 0.29) is 0 Å². The Morgan fingerprint density at radius 2 is 1.89 bits per heavy atom. The van der Waals surface area contributed by atoms with Crippen molar-refractivity contribution in [2.45, 2.75) is 0 Å². The lowest BCUT2D eigenvalue weighted by molar-refractivity contribution is 0.418. The molecule has 6 aromatic rings. The maximum absolute atomic E-state index is 5.85. The highest BCUT2D eigenvalue weighted by Gasteiger charge is 2.43. The molecule has 6 aromatic heterocycles. The summed E-state index contributed by atoms with van der Waals surface area (Å²) in [5.41, 5.74) is 3.99. The van der Waals surface area contributed by atoms with Crippen LogP contribution in [0.5, 0.6) is 0 Å². The van der Waals surface area contributed by atoms with Gasteiger partial charge in [0.15, 0.2) is 0 Å². The predicted molar refractivity (Wildman–Crippen MR) is 129 cm³/mol. The van der Waals surface area contributed by atoms with Crippen molar-refractivity contribution in [1.29, 1.82) is 0 Å². The largest absolute Gasteiger partial charge is 0.443 e. The number of rotatable bonds is 6. The molecule has 7 rings (SSSR count). The Hall–Kier alpha value is -4.96. The molecule has 0 radical (unpaired) electrons. The van der Waals surface area contributed by atoms with Gasteiger partial charge in [0.05, 0.1) is 12.4 Å². The molecular formula is C20H12N12O2S2. The number of allylic oxidation sites excluding steroid dienone is 2. The van der Waals surface area contributed by atoms with E-state index in [2.05, 4.69) is 50.1 Å². The number of nitrogens with one attached hydrogen (secondary N) is 2. The molecule has 16 heteroatoms. The third kappa shape index (κ3) is 3.16. The average Bonchev–Trinajstić information content (AvgIpc) is 3.78. The van der Waals surface area contributed by atoms with E-state index in [1.165, 1.54) is 35.4 Å². The standard InChI is InChI=1S/C20H12N12O2S2/c1-6-34-28-11(1)14-15(12-9-25-29-26-12)16(13-10-36-30-27-13)31(19-22-2-3-23-19)32(20-24-5-8-35-20)17(14)18-21-4-7-33-18/h1-10H,(H,22,23)(H,25,26,29). The Kier molecular flexibility index (Phi) is 4.74. The Labute approximate surface area is 208 Å². The quantitative estimate of drug-likeness (QED) is 0.332. The fourth-order valence-corrected chi connectivity index (χ4v) is 5.01. The van der Waals surface area contributed by atoms with Crippen LogP contribution in [0.1, 0.15) is 23.0 Å². The Morgan fingerprint density at radius 3 is 2.56 bits per heavy atom. The van der Waals surface area contributed by atoms with Crippen molar-refractivity contribution in [2.75, 3.05) is 10.0 Å². The zero-order valence-electron chi connectivity index (χ0n) is 17.9. The molecule has 2 N–H and O–H groups in total. The lowest BCUT2D eigenvalue weighted by atomic mass is 9.92. The first-order chi connectivity index (χ1) is 17.9. The highest BCUT2D eigenvalue weighted by atomic mass is 32.1. The average molecular weight is 517 g/mol. The van der Waals surface area contributed by atoms with Gasteiger partial charge in [0.2, 0.25) is 17.0 Å². The lowest BCUT2D eigenvalue weighted by Crippen LogP contribution is -2.45. The van der Waals surface area contributed by atoms with Crippen LogP contribution < -0.4 is 10.0 Å². The van der Waals surface area contributed by atoms with Gasteiger partial charge in [-0.05, 0) is 11.5 Å². The fraction of sp³-hybridized carbons (Fsp3) is 0. The summed E-state index contributed by atoms with van der Waals surface area (Å²) in [4.78, 5) is 16.8. The van der Waals surface area contributed by atoms with Crippen molar-refractivity contribution >= 4 is 56.5 Å². The number of thiazole rings is 1. The molecule has 0 saturated carbocycles. The number of anilines is 2. The molecule has 14 nitrogen and oxygen atoms in total. The molecule has 1 aliphatic heterocycles. The van der Waals surface area contributed by atoms with Crippen molar-refractivity contribution in [2.24, 2.45) is 0 Å². The van der Waals surface area contributed by atoms with E-state index >= 15 is 0 Å². The van der Waals surface area contributed by atoms with Crippen molar-refractivity contribution in [3.05, 3.63) is 83.3 Å². The minimum absolute atomic E-state index is 0.316. The first-order valence-electron chi connectivity index (χ1n) is 10.3. The fourth-order valence-electron chi connectivity index (χ4n) is 3.93. The Bertz CT molecular complexity index is 1490. The second-order valence-electron chi connectivity index (χ2n) is 7.17. The second kappa shape index (κ2) is 8.36. The zero-order chi connectivity index (χ0) is 23.9. The predicted octanol–water partition coefficient (Wildman–Crippen LogP) is 3.19. The zero-order valence-corrected chi connectivity index (χ0v) is 19.5. The first kappa shape index (κ1) is 20.4. The Balaban J connectivity index is 1.68. The van der Waals surface area contributed by atoms with Gasteiger partial charge in [-0.25, -0.2) is 25.0 Å². The van der Waals surface area contributed by atoms with Gasteiger partial charge in [-0.2, -0.15) is 15.4 Å². The van der Waals surface area contributed by atoms with Crippen LogP contribution in [0.2, 0.25) is 0 Å². The first-order valence-corrected chi connectivity index (χ1v) is 12.0. The van der Waals surface area contributed by atoms with Crippen molar-refractivity contribution in [3.8, 4) is 0 Å². The van der Waals surface area contributed by atoms with Crippen LogP contribution in [0.4, 0.5) is 11.1 Å². The molecule has 0 unspecified atom stereocenters. The van der Waals surface area contributed by atoms with Crippen molar-refractivity contribution in [3.63, 3.8) is 0 Å². The molecule has 7 heterocycles. The van der Waals surface area contributed by atoms with Crippen LogP contribution in [-0.4, -0.2) is 50.1 Å². The maximum Gasteiger partial charge on any atom is 0.245 e. The van der Waals surface area contributed by atoms with Gasteiger partial charge in [0, 0.05) is 46.6 Å². The number of H-pyrrole nitrogens is 2. The SMILES string of the molecule is c1c[nH]c(N2C(c3csnn3)=C(c3cn[nH]n3)C(c3ccon3)=C(c3ncco3)N2c2nccs2)n1. The summed E-state index contributed by atoms with van der Waals surface area (Å²) in [6.07, 6.45) is 11.3. The van der Waals surface area contributed by atoms with Gasteiger partial charge in [0.1, 0.15) is 41.0 Å². The van der Waals surface area contributed by atoms with Gasteiger partial charge in [-0.15, -0.1) is 16.4 Å².